The van der Waals surface area contributed by atoms with Gasteiger partial charge in [-0.2, -0.15) is 13.2 Å². The van der Waals surface area contributed by atoms with Gasteiger partial charge in [0.2, 0.25) is 0 Å². The molecule has 2 aromatic rings. The largest absolute Gasteiger partial charge is 0.573 e. The summed E-state index contributed by atoms with van der Waals surface area (Å²) in [6, 6.07) is 8.21. The van der Waals surface area contributed by atoms with E-state index < -0.39 is 23.9 Å². The number of hydrogen-bond donors (Lipinski definition) is 1. The summed E-state index contributed by atoms with van der Waals surface area (Å²) in [5.41, 5.74) is 4.92. The molecule has 0 saturated heterocycles. The molecule has 2 aromatic carbocycles. The van der Waals surface area contributed by atoms with Crippen LogP contribution in [0.5, 0.6) is 5.75 Å². The Labute approximate surface area is 127 Å². The van der Waals surface area contributed by atoms with Crippen molar-refractivity contribution in [2.24, 2.45) is 5.73 Å². The second-order valence-corrected chi connectivity index (χ2v) is 4.65. The zero-order chi connectivity index (χ0) is 17.3. The van der Waals surface area contributed by atoms with Gasteiger partial charge in [-0.1, -0.05) is 18.2 Å². The van der Waals surface area contributed by atoms with Crippen LogP contribution in [0.4, 0.5) is 26.3 Å². The van der Waals surface area contributed by atoms with Crippen LogP contribution >= 0.6 is 0 Å². The first-order valence-corrected chi connectivity index (χ1v) is 6.36. The number of halogens is 6. The molecule has 0 saturated carbocycles. The highest BCUT2D eigenvalue weighted by Crippen LogP contribution is 2.35. The summed E-state index contributed by atoms with van der Waals surface area (Å²) < 4.78 is 78.9. The zero-order valence-electron chi connectivity index (χ0n) is 11.5. The third-order valence-electron chi connectivity index (χ3n) is 3.03. The van der Waals surface area contributed by atoms with E-state index in [1.54, 1.807) is 0 Å². The Morgan fingerprint density at radius 3 is 2.09 bits per heavy atom. The molecule has 0 bridgehead atoms. The molecule has 0 fully saturated rings. The van der Waals surface area contributed by atoms with E-state index in [1.807, 2.05) is 0 Å². The van der Waals surface area contributed by atoms with Gasteiger partial charge in [0.25, 0.3) is 0 Å². The topological polar surface area (TPSA) is 35.2 Å². The Hall–Kier alpha value is -2.22. The van der Waals surface area contributed by atoms with Crippen LogP contribution in [0.25, 0.3) is 11.1 Å². The van der Waals surface area contributed by atoms with Crippen molar-refractivity contribution < 1.29 is 31.1 Å². The van der Waals surface area contributed by atoms with Crippen LogP contribution in [0.3, 0.4) is 0 Å². The Morgan fingerprint density at radius 1 is 0.870 bits per heavy atom. The molecule has 124 valence electrons. The molecule has 0 heterocycles. The van der Waals surface area contributed by atoms with Crippen molar-refractivity contribution in [3.8, 4) is 16.9 Å². The van der Waals surface area contributed by atoms with Crippen molar-refractivity contribution in [1.82, 2.24) is 0 Å². The highest BCUT2D eigenvalue weighted by atomic mass is 19.4. The average Bonchev–Trinajstić information content (AvgIpc) is 2.44. The van der Waals surface area contributed by atoms with Crippen molar-refractivity contribution in [3.05, 3.63) is 53.6 Å². The average molecular weight is 335 g/mol. The molecule has 0 aliphatic heterocycles. The van der Waals surface area contributed by atoms with Crippen LogP contribution < -0.4 is 10.5 Å². The predicted molar refractivity (Wildman–Crippen MR) is 71.5 cm³/mol. The van der Waals surface area contributed by atoms with Gasteiger partial charge in [-0.3, -0.25) is 0 Å². The van der Waals surface area contributed by atoms with E-state index in [0.717, 1.165) is 18.2 Å². The maximum absolute atomic E-state index is 12.8. The number of benzene rings is 2. The van der Waals surface area contributed by atoms with Crippen LogP contribution in [-0.2, 0) is 12.7 Å². The van der Waals surface area contributed by atoms with Crippen LogP contribution in [0.15, 0.2) is 42.5 Å². The first-order valence-electron chi connectivity index (χ1n) is 6.36. The monoisotopic (exact) mass is 335 g/mol. The minimum absolute atomic E-state index is 0.142. The molecule has 0 radical (unpaired) electrons. The Morgan fingerprint density at radius 2 is 1.52 bits per heavy atom. The fourth-order valence-corrected chi connectivity index (χ4v) is 2.09. The van der Waals surface area contributed by atoms with E-state index in [0.29, 0.717) is 5.56 Å². The number of ether oxygens (including phenoxy) is 1. The standard InChI is InChI=1S/C15H11F6NO/c16-14(17,18)13-5-4-10(6-11(13)8-22)9-2-1-3-12(7-9)23-15(19,20)21/h1-7H,8,22H2. The first-order chi connectivity index (χ1) is 10.6. The molecule has 2 N–H and O–H groups in total. The molecule has 8 heteroatoms. The maximum Gasteiger partial charge on any atom is 0.573 e. The summed E-state index contributed by atoms with van der Waals surface area (Å²) in [5.74, 6) is -0.454. The summed E-state index contributed by atoms with van der Waals surface area (Å²) in [4.78, 5) is 0. The molecule has 0 unspecified atom stereocenters. The van der Waals surface area contributed by atoms with E-state index in [-0.39, 0.29) is 17.7 Å². The van der Waals surface area contributed by atoms with E-state index in [4.69, 9.17) is 5.73 Å². The van der Waals surface area contributed by atoms with Crippen molar-refractivity contribution in [2.75, 3.05) is 0 Å². The SMILES string of the molecule is NCc1cc(-c2cccc(OC(F)(F)F)c2)ccc1C(F)(F)F. The van der Waals surface area contributed by atoms with E-state index in [1.165, 1.54) is 24.3 Å². The normalized spacial score (nSPS) is 12.3. The van der Waals surface area contributed by atoms with Crippen molar-refractivity contribution in [3.63, 3.8) is 0 Å². The Bertz CT molecular complexity index is 693. The highest BCUT2D eigenvalue weighted by Gasteiger charge is 2.33. The summed E-state index contributed by atoms with van der Waals surface area (Å²) in [7, 11) is 0. The molecular weight excluding hydrogens is 324 g/mol. The predicted octanol–water partition coefficient (Wildman–Crippen LogP) is 4.73. The van der Waals surface area contributed by atoms with Crippen molar-refractivity contribution in [2.45, 2.75) is 19.1 Å². The minimum Gasteiger partial charge on any atom is -0.406 e. The zero-order valence-corrected chi connectivity index (χ0v) is 11.5. The van der Waals surface area contributed by atoms with Crippen molar-refractivity contribution in [1.29, 1.82) is 0 Å². The molecule has 0 amide bonds. The molecule has 0 aliphatic carbocycles. The summed E-state index contributed by atoms with van der Waals surface area (Å²) in [5, 5.41) is 0. The second kappa shape index (κ2) is 6.11. The van der Waals surface area contributed by atoms with Gasteiger partial charge in [0, 0.05) is 6.54 Å². The maximum atomic E-state index is 12.8. The highest BCUT2D eigenvalue weighted by molar-refractivity contribution is 5.66. The van der Waals surface area contributed by atoms with Crippen LogP contribution in [-0.4, -0.2) is 6.36 Å². The molecule has 2 rings (SSSR count). The molecule has 0 atom stereocenters. The molecular formula is C15H11F6NO. The van der Waals surface area contributed by atoms with E-state index in [2.05, 4.69) is 4.74 Å². The lowest BCUT2D eigenvalue weighted by Gasteiger charge is -2.14. The lowest BCUT2D eigenvalue weighted by molar-refractivity contribution is -0.274. The lowest BCUT2D eigenvalue weighted by Crippen LogP contribution is -2.17. The summed E-state index contributed by atoms with van der Waals surface area (Å²) in [6.45, 7) is -0.346. The van der Waals surface area contributed by atoms with Crippen molar-refractivity contribution >= 4 is 0 Å². The van der Waals surface area contributed by atoms with Gasteiger partial charge in [0.05, 0.1) is 5.56 Å². The smallest absolute Gasteiger partial charge is 0.406 e. The molecule has 0 spiro atoms. The van der Waals surface area contributed by atoms with Gasteiger partial charge < -0.3 is 10.5 Å². The number of rotatable bonds is 3. The number of alkyl halides is 6. The second-order valence-electron chi connectivity index (χ2n) is 4.65. The van der Waals surface area contributed by atoms with Gasteiger partial charge in [-0.15, -0.1) is 13.2 Å². The molecule has 0 aromatic heterocycles. The third-order valence-corrected chi connectivity index (χ3v) is 3.03. The molecule has 23 heavy (non-hydrogen) atoms. The van der Waals surface area contributed by atoms with Gasteiger partial charge in [0.1, 0.15) is 5.75 Å². The summed E-state index contributed by atoms with van der Waals surface area (Å²) >= 11 is 0. The number of nitrogens with two attached hydrogens (primary N) is 1. The summed E-state index contributed by atoms with van der Waals surface area (Å²) in [6.07, 6.45) is -9.39. The van der Waals surface area contributed by atoms with Gasteiger partial charge >= 0.3 is 12.5 Å². The fourth-order valence-electron chi connectivity index (χ4n) is 2.09. The third kappa shape index (κ3) is 4.38. The molecule has 0 aliphatic rings. The lowest BCUT2D eigenvalue weighted by atomic mass is 9.98. The fraction of sp³-hybridized carbons (Fsp3) is 0.200. The number of hydrogen-bond acceptors (Lipinski definition) is 2. The van der Waals surface area contributed by atoms with E-state index in [9.17, 15) is 26.3 Å². The van der Waals surface area contributed by atoms with Gasteiger partial charge in [0.15, 0.2) is 0 Å². The van der Waals surface area contributed by atoms with Crippen LogP contribution in [0.2, 0.25) is 0 Å². The first kappa shape index (κ1) is 17.1. The van der Waals surface area contributed by atoms with E-state index >= 15 is 0 Å². The molecule has 2 nitrogen and oxygen atoms in total. The Kier molecular flexibility index (Phi) is 4.56. The van der Waals surface area contributed by atoms with Gasteiger partial charge in [-0.05, 0) is 41.0 Å². The van der Waals surface area contributed by atoms with Crippen LogP contribution in [0.1, 0.15) is 11.1 Å². The quantitative estimate of drug-likeness (QED) is 0.823. The Balaban J connectivity index is 2.41. The van der Waals surface area contributed by atoms with Gasteiger partial charge in [-0.25, -0.2) is 0 Å². The van der Waals surface area contributed by atoms with Crippen LogP contribution in [0, 0.1) is 0 Å². The minimum atomic E-state index is -4.85.